The number of aromatic amines is 1. The smallest absolute Gasteiger partial charge is 0.226 e. The van der Waals surface area contributed by atoms with E-state index in [0.717, 1.165) is 81.8 Å². The number of carbonyl (C=O) groups is 1. The van der Waals surface area contributed by atoms with Crippen molar-refractivity contribution >= 4 is 22.8 Å². The zero-order chi connectivity index (χ0) is 18.9. The van der Waals surface area contributed by atoms with Crippen LogP contribution in [0, 0.1) is 5.92 Å². The summed E-state index contributed by atoms with van der Waals surface area (Å²) in [7, 11) is 0. The van der Waals surface area contributed by atoms with E-state index >= 15 is 0 Å². The van der Waals surface area contributed by atoms with Crippen LogP contribution < -0.4 is 4.90 Å². The second-order valence-electron chi connectivity index (χ2n) is 8.52. The molecule has 2 aromatic rings. The molecule has 0 aliphatic carbocycles. The molecule has 3 aliphatic rings. The molecule has 1 amide bonds. The SMILES string of the molecule is O=C(C1CCCN(C2CCN(c3ncnc4[nH]ccc34)CC2)C1)N1CCCC1. The summed E-state index contributed by atoms with van der Waals surface area (Å²) < 4.78 is 0. The predicted molar refractivity (Wildman–Crippen MR) is 109 cm³/mol. The van der Waals surface area contributed by atoms with Crippen molar-refractivity contribution in [1.29, 1.82) is 0 Å². The Morgan fingerprint density at radius 2 is 1.82 bits per heavy atom. The molecule has 5 heterocycles. The van der Waals surface area contributed by atoms with Crippen molar-refractivity contribution in [3.63, 3.8) is 0 Å². The number of amides is 1. The van der Waals surface area contributed by atoms with Crippen LogP contribution in [0.15, 0.2) is 18.6 Å². The molecule has 150 valence electrons. The third-order valence-corrected chi connectivity index (χ3v) is 6.83. The molecule has 7 heteroatoms. The third-order valence-electron chi connectivity index (χ3n) is 6.83. The molecular formula is C21H30N6O. The fraction of sp³-hybridized carbons (Fsp3) is 0.667. The molecule has 1 unspecified atom stereocenters. The monoisotopic (exact) mass is 382 g/mol. The van der Waals surface area contributed by atoms with E-state index in [2.05, 4.69) is 35.7 Å². The number of hydrogen-bond acceptors (Lipinski definition) is 5. The van der Waals surface area contributed by atoms with Crippen LogP contribution in [0.1, 0.15) is 38.5 Å². The standard InChI is InChI=1S/C21H30N6O/c28-21(26-9-1-2-10-26)16-4-3-11-27(14-16)17-6-12-25(13-7-17)20-18-5-8-22-19(18)23-15-24-20/h5,8,15-17H,1-4,6-7,9-14H2,(H,22,23,24). The Balaban J connectivity index is 1.20. The van der Waals surface area contributed by atoms with Crippen LogP contribution in [0.5, 0.6) is 0 Å². The van der Waals surface area contributed by atoms with Gasteiger partial charge in [-0.1, -0.05) is 0 Å². The summed E-state index contributed by atoms with van der Waals surface area (Å²) >= 11 is 0. The van der Waals surface area contributed by atoms with E-state index in [0.29, 0.717) is 11.9 Å². The molecule has 7 nitrogen and oxygen atoms in total. The largest absolute Gasteiger partial charge is 0.356 e. The summed E-state index contributed by atoms with van der Waals surface area (Å²) in [6, 6.07) is 2.66. The van der Waals surface area contributed by atoms with E-state index in [1.807, 2.05) is 6.20 Å². The highest BCUT2D eigenvalue weighted by Crippen LogP contribution is 2.29. The molecule has 0 bridgehead atoms. The van der Waals surface area contributed by atoms with Crippen molar-refractivity contribution in [3.05, 3.63) is 18.6 Å². The summed E-state index contributed by atoms with van der Waals surface area (Å²) in [6.45, 7) is 6.08. The maximum Gasteiger partial charge on any atom is 0.226 e. The summed E-state index contributed by atoms with van der Waals surface area (Å²) in [5, 5.41) is 1.11. The van der Waals surface area contributed by atoms with Gasteiger partial charge in [-0.25, -0.2) is 9.97 Å². The molecular weight excluding hydrogens is 352 g/mol. The van der Waals surface area contributed by atoms with Gasteiger partial charge in [-0.3, -0.25) is 9.69 Å². The molecule has 0 spiro atoms. The van der Waals surface area contributed by atoms with Gasteiger partial charge in [0.1, 0.15) is 17.8 Å². The van der Waals surface area contributed by atoms with Crippen molar-refractivity contribution in [1.82, 2.24) is 24.8 Å². The first kappa shape index (κ1) is 17.9. The van der Waals surface area contributed by atoms with Crippen LogP contribution >= 0.6 is 0 Å². The van der Waals surface area contributed by atoms with Crippen LogP contribution in [0.2, 0.25) is 0 Å². The highest BCUT2D eigenvalue weighted by molar-refractivity contribution is 5.87. The normalized spacial score (nSPS) is 24.9. The number of anilines is 1. The zero-order valence-electron chi connectivity index (χ0n) is 16.5. The Morgan fingerprint density at radius 3 is 2.64 bits per heavy atom. The van der Waals surface area contributed by atoms with Gasteiger partial charge in [0.25, 0.3) is 0 Å². The Kier molecular flexibility index (Phi) is 4.93. The molecule has 0 aromatic carbocycles. The molecule has 2 aromatic heterocycles. The number of nitrogens with zero attached hydrogens (tertiary/aromatic N) is 5. The number of nitrogens with one attached hydrogen (secondary N) is 1. The van der Waals surface area contributed by atoms with Gasteiger partial charge in [-0.2, -0.15) is 0 Å². The third kappa shape index (κ3) is 3.36. The Bertz CT molecular complexity index is 821. The van der Waals surface area contributed by atoms with Crippen molar-refractivity contribution in [2.24, 2.45) is 5.92 Å². The van der Waals surface area contributed by atoms with E-state index in [-0.39, 0.29) is 5.92 Å². The fourth-order valence-electron chi connectivity index (χ4n) is 5.29. The van der Waals surface area contributed by atoms with Gasteiger partial charge in [0.2, 0.25) is 5.91 Å². The minimum absolute atomic E-state index is 0.214. The van der Waals surface area contributed by atoms with Gasteiger partial charge >= 0.3 is 0 Å². The highest BCUT2D eigenvalue weighted by atomic mass is 16.2. The van der Waals surface area contributed by atoms with Crippen molar-refractivity contribution in [2.75, 3.05) is 44.2 Å². The first-order chi connectivity index (χ1) is 13.8. The summed E-state index contributed by atoms with van der Waals surface area (Å²) in [5.41, 5.74) is 0.909. The van der Waals surface area contributed by atoms with Crippen LogP contribution in [0.25, 0.3) is 11.0 Å². The Morgan fingerprint density at radius 1 is 1.00 bits per heavy atom. The van der Waals surface area contributed by atoms with Gasteiger partial charge in [0.05, 0.1) is 11.3 Å². The van der Waals surface area contributed by atoms with Crippen molar-refractivity contribution in [2.45, 2.75) is 44.6 Å². The number of carbonyl (C=O) groups excluding carboxylic acids is 1. The number of likely N-dealkylation sites (tertiary alicyclic amines) is 2. The van der Waals surface area contributed by atoms with Gasteiger partial charge in [0, 0.05) is 45.0 Å². The predicted octanol–water partition coefficient (Wildman–Crippen LogP) is 2.26. The maximum absolute atomic E-state index is 12.8. The fourth-order valence-corrected chi connectivity index (χ4v) is 5.29. The van der Waals surface area contributed by atoms with Crippen LogP contribution in [-0.4, -0.2) is 76.0 Å². The molecule has 0 radical (unpaired) electrons. The summed E-state index contributed by atoms with van der Waals surface area (Å²) in [4.78, 5) is 32.0. The summed E-state index contributed by atoms with van der Waals surface area (Å²) in [6.07, 6.45) is 10.4. The van der Waals surface area contributed by atoms with Crippen LogP contribution in [0.4, 0.5) is 5.82 Å². The zero-order valence-corrected chi connectivity index (χ0v) is 16.5. The molecule has 1 atom stereocenters. The van der Waals surface area contributed by atoms with Crippen LogP contribution in [0.3, 0.4) is 0 Å². The second-order valence-corrected chi connectivity index (χ2v) is 8.52. The number of H-pyrrole nitrogens is 1. The molecule has 28 heavy (non-hydrogen) atoms. The number of fused-ring (bicyclic) bond motifs is 1. The lowest BCUT2D eigenvalue weighted by molar-refractivity contribution is -0.136. The van der Waals surface area contributed by atoms with E-state index in [1.165, 1.54) is 12.8 Å². The minimum atomic E-state index is 0.214. The summed E-state index contributed by atoms with van der Waals surface area (Å²) in [5.74, 6) is 1.67. The highest BCUT2D eigenvalue weighted by Gasteiger charge is 2.34. The number of rotatable bonds is 3. The van der Waals surface area contributed by atoms with Crippen molar-refractivity contribution < 1.29 is 4.79 Å². The Hall–Kier alpha value is -2.15. The molecule has 3 saturated heterocycles. The molecule has 0 saturated carbocycles. The molecule has 3 aliphatic heterocycles. The van der Waals surface area contributed by atoms with E-state index in [4.69, 9.17) is 0 Å². The first-order valence-corrected chi connectivity index (χ1v) is 10.9. The van der Waals surface area contributed by atoms with E-state index in [9.17, 15) is 4.79 Å². The van der Waals surface area contributed by atoms with Gasteiger partial charge in [-0.15, -0.1) is 0 Å². The lowest BCUT2D eigenvalue weighted by Crippen LogP contribution is -2.51. The quantitative estimate of drug-likeness (QED) is 0.882. The topological polar surface area (TPSA) is 68.4 Å². The average Bonchev–Trinajstić information content (AvgIpc) is 3.45. The second kappa shape index (κ2) is 7.70. The first-order valence-electron chi connectivity index (χ1n) is 10.9. The van der Waals surface area contributed by atoms with Crippen molar-refractivity contribution in [3.8, 4) is 0 Å². The average molecular weight is 383 g/mol. The number of piperidine rings is 2. The molecule has 1 N–H and O–H groups in total. The minimum Gasteiger partial charge on any atom is -0.356 e. The van der Waals surface area contributed by atoms with Gasteiger partial charge in [0.15, 0.2) is 0 Å². The molecule has 3 fully saturated rings. The van der Waals surface area contributed by atoms with Gasteiger partial charge in [-0.05, 0) is 51.1 Å². The number of hydrogen-bond donors (Lipinski definition) is 1. The maximum atomic E-state index is 12.8. The lowest BCUT2D eigenvalue weighted by Gasteiger charge is -2.42. The Labute approximate surface area is 166 Å². The molecule has 5 rings (SSSR count). The van der Waals surface area contributed by atoms with Crippen LogP contribution in [-0.2, 0) is 4.79 Å². The number of aromatic nitrogens is 3. The van der Waals surface area contributed by atoms with E-state index < -0.39 is 0 Å². The van der Waals surface area contributed by atoms with Gasteiger partial charge < -0.3 is 14.8 Å². The van der Waals surface area contributed by atoms with E-state index in [1.54, 1.807) is 6.33 Å². The lowest BCUT2D eigenvalue weighted by atomic mass is 9.93.